The fourth-order valence-corrected chi connectivity index (χ4v) is 7.54. The molecule has 3 aromatic carbocycles. The topological polar surface area (TPSA) is 128 Å². The van der Waals surface area contributed by atoms with Gasteiger partial charge >= 0.3 is 5.97 Å². The molecule has 1 saturated carbocycles. The maximum absolute atomic E-state index is 15.0. The largest absolute Gasteiger partial charge is 0.476 e. The second-order valence-electron chi connectivity index (χ2n) is 11.9. The standard InChI is InChI=1S/C34H31FN4O4S2/c35-28-15-21(10-13-31(28)45(36,42)43)14-27-30(16-20-8-9-20)39(34-37-29(19-44-34)33(40)41)38-32(27)26-7-3-6-24(18-26)25-12-11-22-4-1-2-5-23(22)17-25/h3,6-7,10-13,15,17-20H,1-2,4-5,8-9,14,16H2,(H,40,41)(H2,36,42,43). The minimum Gasteiger partial charge on any atom is -0.476 e. The Balaban J connectivity index is 1.37. The summed E-state index contributed by atoms with van der Waals surface area (Å²) in [6, 6.07) is 18.8. The van der Waals surface area contributed by atoms with Crippen LogP contribution in [-0.2, 0) is 35.7 Å². The number of hydrogen-bond acceptors (Lipinski definition) is 6. The number of carbonyl (C=O) groups is 1. The van der Waals surface area contributed by atoms with Crippen molar-refractivity contribution >= 4 is 27.3 Å². The van der Waals surface area contributed by atoms with E-state index in [9.17, 15) is 22.7 Å². The summed E-state index contributed by atoms with van der Waals surface area (Å²) in [7, 11) is -4.21. The van der Waals surface area contributed by atoms with Gasteiger partial charge in [0.1, 0.15) is 10.7 Å². The first kappa shape index (κ1) is 29.5. The lowest BCUT2D eigenvalue weighted by Crippen LogP contribution is -2.14. The number of carboxylic acid groups (broad SMARTS) is 1. The van der Waals surface area contributed by atoms with Gasteiger partial charge in [0.15, 0.2) is 5.69 Å². The second-order valence-corrected chi connectivity index (χ2v) is 14.3. The third-order valence-electron chi connectivity index (χ3n) is 8.66. The van der Waals surface area contributed by atoms with E-state index in [0.29, 0.717) is 28.7 Å². The van der Waals surface area contributed by atoms with Crippen molar-refractivity contribution in [1.82, 2.24) is 14.8 Å². The Bertz CT molecular complexity index is 2060. The highest BCUT2D eigenvalue weighted by molar-refractivity contribution is 7.89. The molecular weight excluding hydrogens is 612 g/mol. The highest BCUT2D eigenvalue weighted by Gasteiger charge is 2.30. The molecule has 2 heterocycles. The summed E-state index contributed by atoms with van der Waals surface area (Å²) in [6.07, 6.45) is 7.73. The quantitative estimate of drug-likeness (QED) is 0.187. The molecule has 2 aromatic heterocycles. The number of primary sulfonamides is 1. The molecule has 0 aliphatic heterocycles. The molecule has 0 unspecified atom stereocenters. The summed E-state index contributed by atoms with van der Waals surface area (Å²) >= 11 is 1.20. The van der Waals surface area contributed by atoms with E-state index in [-0.39, 0.29) is 12.1 Å². The van der Waals surface area contributed by atoms with Crippen molar-refractivity contribution in [3.05, 3.63) is 106 Å². The van der Waals surface area contributed by atoms with Crippen LogP contribution >= 0.6 is 11.3 Å². The van der Waals surface area contributed by atoms with Gasteiger partial charge in [-0.2, -0.15) is 5.10 Å². The molecule has 3 N–H and O–H groups in total. The van der Waals surface area contributed by atoms with E-state index in [1.807, 2.05) is 12.1 Å². The number of aromatic carboxylic acids is 1. The highest BCUT2D eigenvalue weighted by Crippen LogP contribution is 2.39. The van der Waals surface area contributed by atoms with Gasteiger partial charge < -0.3 is 5.11 Å². The normalized spacial score (nSPS) is 14.8. The summed E-state index contributed by atoms with van der Waals surface area (Å²) in [5.74, 6) is -1.57. The third kappa shape index (κ3) is 6.07. The van der Waals surface area contributed by atoms with E-state index < -0.39 is 26.7 Å². The van der Waals surface area contributed by atoms with Crippen LogP contribution in [0.1, 0.15) is 64.1 Å². The number of halogens is 1. The smallest absolute Gasteiger partial charge is 0.355 e. The van der Waals surface area contributed by atoms with Gasteiger partial charge in [0.2, 0.25) is 15.2 Å². The summed E-state index contributed by atoms with van der Waals surface area (Å²) in [4.78, 5) is 15.5. The molecule has 11 heteroatoms. The molecular formula is C34H31FN4O4S2. The van der Waals surface area contributed by atoms with Crippen LogP contribution in [0.2, 0.25) is 0 Å². The number of sulfonamides is 1. The van der Waals surface area contributed by atoms with Crippen molar-refractivity contribution in [2.45, 2.75) is 56.3 Å². The van der Waals surface area contributed by atoms with Crippen molar-refractivity contribution in [3.8, 4) is 27.5 Å². The zero-order chi connectivity index (χ0) is 31.3. The zero-order valence-corrected chi connectivity index (χ0v) is 26.0. The van der Waals surface area contributed by atoms with Gasteiger partial charge in [-0.15, -0.1) is 11.3 Å². The third-order valence-corrected chi connectivity index (χ3v) is 10.4. The Kier molecular flexibility index (Phi) is 7.63. The molecule has 0 amide bonds. The van der Waals surface area contributed by atoms with Gasteiger partial charge in [0, 0.05) is 22.9 Å². The lowest BCUT2D eigenvalue weighted by atomic mass is 9.88. The summed E-state index contributed by atoms with van der Waals surface area (Å²) < 4.78 is 40.4. The van der Waals surface area contributed by atoms with Crippen LogP contribution in [-0.4, -0.2) is 34.3 Å². The van der Waals surface area contributed by atoms with Crippen molar-refractivity contribution in [2.75, 3.05) is 0 Å². The number of aromatic nitrogens is 3. The number of nitrogens with zero attached hydrogens (tertiary/aromatic N) is 3. The van der Waals surface area contributed by atoms with Crippen molar-refractivity contribution in [1.29, 1.82) is 0 Å². The minimum atomic E-state index is -4.21. The van der Waals surface area contributed by atoms with E-state index >= 15 is 0 Å². The van der Waals surface area contributed by atoms with Gasteiger partial charge in [-0.25, -0.2) is 32.4 Å². The van der Waals surface area contributed by atoms with Gasteiger partial charge in [-0.1, -0.05) is 42.5 Å². The van der Waals surface area contributed by atoms with E-state index in [2.05, 4.69) is 35.3 Å². The first-order chi connectivity index (χ1) is 21.6. The molecule has 0 radical (unpaired) electrons. The lowest BCUT2D eigenvalue weighted by molar-refractivity contribution is 0.0691. The van der Waals surface area contributed by atoms with Gasteiger partial charge in [0.05, 0.1) is 11.4 Å². The van der Waals surface area contributed by atoms with Crippen LogP contribution < -0.4 is 5.14 Å². The van der Waals surface area contributed by atoms with Crippen LogP contribution in [0.15, 0.2) is 70.9 Å². The molecule has 1 fully saturated rings. The van der Waals surface area contributed by atoms with Crippen LogP contribution in [0.4, 0.5) is 4.39 Å². The monoisotopic (exact) mass is 642 g/mol. The van der Waals surface area contributed by atoms with E-state index in [4.69, 9.17) is 10.2 Å². The molecule has 0 saturated heterocycles. The fourth-order valence-electron chi connectivity index (χ4n) is 6.17. The molecule has 45 heavy (non-hydrogen) atoms. The SMILES string of the molecule is NS(=O)(=O)c1ccc(Cc2c(-c3cccc(-c4ccc5c(c4)CCCC5)c3)nn(-c3nc(C(=O)O)cs3)c2CC2CC2)cc1F. The average molecular weight is 643 g/mol. The van der Waals surface area contributed by atoms with Crippen LogP contribution in [0, 0.1) is 11.7 Å². The Hall–Kier alpha value is -4.19. The van der Waals surface area contributed by atoms with Gasteiger partial charge in [0.25, 0.3) is 0 Å². The van der Waals surface area contributed by atoms with Crippen molar-refractivity contribution in [2.24, 2.45) is 11.1 Å². The Morgan fingerprint density at radius 1 is 1.00 bits per heavy atom. The first-order valence-electron chi connectivity index (χ1n) is 15.0. The Labute approximate surface area is 264 Å². The van der Waals surface area contributed by atoms with Crippen LogP contribution in [0.25, 0.3) is 27.5 Å². The minimum absolute atomic E-state index is 0.0546. The predicted octanol–water partition coefficient (Wildman–Crippen LogP) is 6.57. The van der Waals surface area contributed by atoms with E-state index in [1.165, 1.54) is 52.8 Å². The van der Waals surface area contributed by atoms with Gasteiger partial charge in [-0.05, 0) is 96.9 Å². The number of aryl methyl sites for hydroxylation is 2. The number of hydrogen-bond donors (Lipinski definition) is 2. The molecule has 2 aliphatic rings. The fraction of sp³-hybridized carbons (Fsp3) is 0.265. The summed E-state index contributed by atoms with van der Waals surface area (Å²) in [5, 5.41) is 21.7. The number of carboxylic acids is 1. The average Bonchev–Trinajstić information content (AvgIpc) is 3.58. The zero-order valence-electron chi connectivity index (χ0n) is 24.4. The number of rotatable bonds is 9. The molecule has 230 valence electrons. The van der Waals surface area contributed by atoms with E-state index in [0.717, 1.165) is 53.6 Å². The molecule has 5 aromatic rings. The van der Waals surface area contributed by atoms with Crippen LogP contribution in [0.3, 0.4) is 0 Å². The molecule has 2 aliphatic carbocycles. The van der Waals surface area contributed by atoms with Gasteiger partial charge in [-0.3, -0.25) is 0 Å². The lowest BCUT2D eigenvalue weighted by Gasteiger charge is -2.17. The molecule has 8 nitrogen and oxygen atoms in total. The number of thiazole rings is 1. The van der Waals surface area contributed by atoms with Crippen LogP contribution in [0.5, 0.6) is 0 Å². The Morgan fingerprint density at radius 2 is 1.76 bits per heavy atom. The summed E-state index contributed by atoms with van der Waals surface area (Å²) in [6.45, 7) is 0. The number of fused-ring (bicyclic) bond motifs is 1. The van der Waals surface area contributed by atoms with Crippen molar-refractivity contribution < 1.29 is 22.7 Å². The second kappa shape index (κ2) is 11.6. The molecule has 7 rings (SSSR count). The molecule has 0 spiro atoms. The number of nitrogens with two attached hydrogens (primary N) is 1. The van der Waals surface area contributed by atoms with E-state index in [1.54, 1.807) is 10.7 Å². The summed E-state index contributed by atoms with van der Waals surface area (Å²) in [5.41, 5.74) is 8.80. The Morgan fingerprint density at radius 3 is 2.47 bits per heavy atom. The van der Waals surface area contributed by atoms with Crippen molar-refractivity contribution in [3.63, 3.8) is 0 Å². The maximum Gasteiger partial charge on any atom is 0.355 e. The number of benzene rings is 3. The maximum atomic E-state index is 15.0. The molecule has 0 atom stereocenters. The first-order valence-corrected chi connectivity index (χ1v) is 17.4. The predicted molar refractivity (Wildman–Crippen MR) is 171 cm³/mol. The highest BCUT2D eigenvalue weighted by atomic mass is 32.2. The molecule has 0 bridgehead atoms.